The lowest BCUT2D eigenvalue weighted by Crippen LogP contribution is -2.24. The highest BCUT2D eigenvalue weighted by Gasteiger charge is 2.12. The summed E-state index contributed by atoms with van der Waals surface area (Å²) in [5.74, 6) is 1.17. The molecule has 0 atom stereocenters. The molecule has 4 aromatic rings. The van der Waals surface area contributed by atoms with Crippen LogP contribution in [0, 0.1) is 13.8 Å². The largest absolute Gasteiger partial charge is 0.311 e. The van der Waals surface area contributed by atoms with Crippen LogP contribution in [0.3, 0.4) is 0 Å². The van der Waals surface area contributed by atoms with Gasteiger partial charge < -0.3 is 9.80 Å². The van der Waals surface area contributed by atoms with E-state index in [1.165, 1.54) is 57.2 Å². The van der Waals surface area contributed by atoms with Gasteiger partial charge in [-0.15, -0.1) is 11.8 Å². The quantitative estimate of drug-likeness (QED) is 0.151. The second-order valence-electron chi connectivity index (χ2n) is 9.31. The minimum atomic E-state index is 1.14. The normalized spacial score (nSPS) is 11.1. The summed E-state index contributed by atoms with van der Waals surface area (Å²) in [7, 11) is 0. The van der Waals surface area contributed by atoms with Gasteiger partial charge in [0.15, 0.2) is 0 Å². The van der Waals surface area contributed by atoms with E-state index >= 15 is 0 Å². The Labute approximate surface area is 222 Å². The van der Waals surface area contributed by atoms with E-state index in [0.29, 0.717) is 0 Å². The highest BCUT2D eigenvalue weighted by molar-refractivity contribution is 7.99. The topological polar surface area (TPSA) is 6.48 Å². The summed E-state index contributed by atoms with van der Waals surface area (Å²) in [5, 5.41) is 0. The smallest absolute Gasteiger partial charge is 0.0462 e. The molecule has 0 saturated heterocycles. The second-order valence-corrected chi connectivity index (χ2v) is 10.5. The molecule has 0 aromatic heterocycles. The number of nitrogens with zero attached hydrogens (tertiary/aromatic N) is 2. The predicted molar refractivity (Wildman–Crippen MR) is 159 cm³/mol. The molecule has 0 aliphatic carbocycles. The van der Waals surface area contributed by atoms with Crippen LogP contribution in [-0.2, 0) is 0 Å². The van der Waals surface area contributed by atoms with Crippen molar-refractivity contribution in [2.75, 3.05) is 30.3 Å². The molecular weight excluding hydrogens is 456 g/mol. The maximum absolute atomic E-state index is 2.49. The molecule has 0 amide bonds. The van der Waals surface area contributed by atoms with Crippen LogP contribution in [-0.4, -0.2) is 30.3 Å². The van der Waals surface area contributed by atoms with Gasteiger partial charge in [0.1, 0.15) is 0 Å². The zero-order valence-corrected chi connectivity index (χ0v) is 22.9. The van der Waals surface area contributed by atoms with E-state index < -0.39 is 0 Å². The first-order valence-corrected chi connectivity index (χ1v) is 14.0. The summed E-state index contributed by atoms with van der Waals surface area (Å²) in [6, 6.07) is 35.4. The van der Waals surface area contributed by atoms with Crippen LogP contribution in [0.1, 0.15) is 31.4 Å². The summed E-state index contributed by atoms with van der Waals surface area (Å²) >= 11 is 1.96. The highest BCUT2D eigenvalue weighted by Crippen LogP contribution is 2.36. The lowest BCUT2D eigenvalue weighted by atomic mass is 10.0. The van der Waals surface area contributed by atoms with Crippen molar-refractivity contribution in [2.45, 2.75) is 39.0 Å². The minimum Gasteiger partial charge on any atom is -0.311 e. The highest BCUT2D eigenvalue weighted by atomic mass is 32.2. The van der Waals surface area contributed by atoms with E-state index in [-0.39, 0.29) is 0 Å². The van der Waals surface area contributed by atoms with Gasteiger partial charge in [0, 0.05) is 22.0 Å². The van der Waals surface area contributed by atoms with E-state index in [1.807, 2.05) is 11.8 Å². The third-order valence-electron chi connectivity index (χ3n) is 6.68. The van der Waals surface area contributed by atoms with Crippen molar-refractivity contribution in [3.05, 3.63) is 108 Å². The van der Waals surface area contributed by atoms with Crippen molar-refractivity contribution in [1.82, 2.24) is 4.90 Å². The molecule has 0 unspecified atom stereocenters. The summed E-state index contributed by atoms with van der Waals surface area (Å²) in [5.41, 5.74) is 8.52. The first-order valence-electron chi connectivity index (χ1n) is 13.1. The summed E-state index contributed by atoms with van der Waals surface area (Å²) in [4.78, 5) is 6.16. The Hall–Kier alpha value is -3.01. The Morgan fingerprint density at radius 1 is 0.556 bits per heavy atom. The Balaban J connectivity index is 1.47. The van der Waals surface area contributed by atoms with Crippen molar-refractivity contribution in [1.29, 1.82) is 0 Å². The fraction of sp³-hybridized carbons (Fsp3) is 0.273. The molecule has 0 aliphatic rings. The molecule has 3 heteroatoms. The molecule has 0 heterocycles. The Morgan fingerprint density at radius 3 is 1.42 bits per heavy atom. The molecule has 0 spiro atoms. The number of hydrogen-bond acceptors (Lipinski definition) is 3. The molecule has 0 fully saturated rings. The monoisotopic (exact) mass is 494 g/mol. The van der Waals surface area contributed by atoms with Gasteiger partial charge in [-0.25, -0.2) is 0 Å². The van der Waals surface area contributed by atoms with Crippen LogP contribution in [0.4, 0.5) is 17.1 Å². The molecule has 2 nitrogen and oxygen atoms in total. The van der Waals surface area contributed by atoms with Gasteiger partial charge in [0.2, 0.25) is 0 Å². The zero-order valence-electron chi connectivity index (χ0n) is 22.1. The first kappa shape index (κ1) is 26.1. The van der Waals surface area contributed by atoms with Crippen LogP contribution >= 0.6 is 11.8 Å². The van der Waals surface area contributed by atoms with Gasteiger partial charge in [-0.2, -0.15) is 0 Å². The van der Waals surface area contributed by atoms with Crippen LogP contribution in [0.15, 0.2) is 102 Å². The Morgan fingerprint density at radius 2 is 0.972 bits per heavy atom. The molecule has 36 heavy (non-hydrogen) atoms. The Bertz CT molecular complexity index is 1150. The molecular formula is C33H38N2S. The fourth-order valence-corrected chi connectivity index (χ4v) is 5.24. The third kappa shape index (κ3) is 6.81. The second kappa shape index (κ2) is 12.8. The lowest BCUT2D eigenvalue weighted by molar-refractivity contribution is 0.305. The van der Waals surface area contributed by atoms with Crippen molar-refractivity contribution < 1.29 is 0 Å². The SMILES string of the molecule is CCN(CC)CCCSc1ccc(-c2ccc(N(c3ccc(C)cc3)c3ccc(C)cc3)cc2)cc1. The van der Waals surface area contributed by atoms with Crippen molar-refractivity contribution in [2.24, 2.45) is 0 Å². The average molecular weight is 495 g/mol. The van der Waals surface area contributed by atoms with Crippen molar-refractivity contribution >= 4 is 28.8 Å². The van der Waals surface area contributed by atoms with E-state index in [4.69, 9.17) is 0 Å². The Kier molecular flexibility index (Phi) is 9.27. The van der Waals surface area contributed by atoms with E-state index in [1.54, 1.807) is 0 Å². The predicted octanol–water partition coefficient (Wildman–Crippen LogP) is 9.26. The van der Waals surface area contributed by atoms with Crippen LogP contribution in [0.2, 0.25) is 0 Å². The number of anilines is 3. The first-order chi connectivity index (χ1) is 17.6. The van der Waals surface area contributed by atoms with Gasteiger partial charge in [0.25, 0.3) is 0 Å². The third-order valence-corrected chi connectivity index (χ3v) is 7.78. The maximum Gasteiger partial charge on any atom is 0.0462 e. The van der Waals surface area contributed by atoms with E-state index in [2.05, 4.69) is 135 Å². The summed E-state index contributed by atoms with van der Waals surface area (Å²) in [6.45, 7) is 12.2. The van der Waals surface area contributed by atoms with Crippen molar-refractivity contribution in [3.63, 3.8) is 0 Å². The van der Waals surface area contributed by atoms with Gasteiger partial charge in [-0.1, -0.05) is 73.5 Å². The fourth-order valence-electron chi connectivity index (χ4n) is 4.40. The molecule has 186 valence electrons. The number of rotatable bonds is 11. The zero-order chi connectivity index (χ0) is 25.3. The number of hydrogen-bond donors (Lipinski definition) is 0. The maximum atomic E-state index is 2.49. The van der Waals surface area contributed by atoms with Gasteiger partial charge in [0.05, 0.1) is 0 Å². The van der Waals surface area contributed by atoms with Gasteiger partial charge >= 0.3 is 0 Å². The lowest BCUT2D eigenvalue weighted by Gasteiger charge is -2.26. The van der Waals surface area contributed by atoms with E-state index in [0.717, 1.165) is 18.8 Å². The molecule has 0 aliphatic heterocycles. The molecule has 0 bridgehead atoms. The molecule has 0 N–H and O–H groups in total. The standard InChI is InChI=1S/C33H38N2S/c1-5-34(6-2)24-7-25-36-33-22-14-29(15-23-33)28-12-20-32(21-13-28)35(30-16-8-26(3)9-17-30)31-18-10-27(4)11-19-31/h8-23H,5-7,24-25H2,1-4H3. The van der Waals surface area contributed by atoms with Crippen molar-refractivity contribution in [3.8, 4) is 11.1 Å². The number of benzene rings is 4. The molecule has 4 rings (SSSR count). The number of aryl methyl sites for hydroxylation is 2. The molecule has 4 aromatic carbocycles. The average Bonchev–Trinajstić information content (AvgIpc) is 2.92. The molecule has 0 saturated carbocycles. The van der Waals surface area contributed by atoms with Crippen LogP contribution in [0.5, 0.6) is 0 Å². The summed E-state index contributed by atoms with van der Waals surface area (Å²) < 4.78 is 0. The number of thioether (sulfide) groups is 1. The van der Waals surface area contributed by atoms with E-state index in [9.17, 15) is 0 Å². The van der Waals surface area contributed by atoms with Gasteiger partial charge in [-0.3, -0.25) is 0 Å². The van der Waals surface area contributed by atoms with Crippen LogP contribution < -0.4 is 4.90 Å². The molecule has 0 radical (unpaired) electrons. The summed E-state index contributed by atoms with van der Waals surface area (Å²) in [6.07, 6.45) is 1.23. The minimum absolute atomic E-state index is 1.14. The van der Waals surface area contributed by atoms with Gasteiger partial charge in [-0.05, 0) is 105 Å². The van der Waals surface area contributed by atoms with Crippen LogP contribution in [0.25, 0.3) is 11.1 Å².